The molecule has 1 aromatic heterocycles. The monoisotopic (exact) mass is 393 g/mol. The van der Waals surface area contributed by atoms with Crippen molar-refractivity contribution < 1.29 is 33.9 Å². The Morgan fingerprint density at radius 2 is 2.16 bits per heavy atom. The van der Waals surface area contributed by atoms with Crippen LogP contribution >= 0.6 is 19.6 Å². The lowest BCUT2D eigenvalue weighted by atomic mass is 10.1. The number of carboxylic acid groups (broad SMARTS) is 1. The largest absolute Gasteiger partial charge is 0.505 e. The van der Waals surface area contributed by atoms with E-state index >= 15 is 0 Å². The highest BCUT2D eigenvalue weighted by Crippen LogP contribution is 2.38. The molecule has 25 heavy (non-hydrogen) atoms. The third-order valence-corrected chi connectivity index (χ3v) is 4.24. The highest BCUT2D eigenvalue weighted by atomic mass is 32.2. The van der Waals surface area contributed by atoms with Crippen LogP contribution in [0.1, 0.15) is 23.2 Å². The van der Waals surface area contributed by atoms with Crippen LogP contribution in [0.2, 0.25) is 0 Å². The molecule has 0 spiro atoms. The number of thioether (sulfide) groups is 1. The van der Waals surface area contributed by atoms with Crippen molar-refractivity contribution in [1.29, 1.82) is 0 Å². The first-order valence-electron chi connectivity index (χ1n) is 6.99. The number of amidine groups is 1. The summed E-state index contributed by atoms with van der Waals surface area (Å²) in [7, 11) is -4.75. The van der Waals surface area contributed by atoms with Crippen molar-refractivity contribution in [2.24, 2.45) is 10.7 Å². The molecule has 0 radical (unpaired) electrons. The SMILES string of the molecule is CSCCC(N=C(N)c1c(COP(=O)(O)O)cnc(C)c1O)C(=O)O. The van der Waals surface area contributed by atoms with Gasteiger partial charge in [0.25, 0.3) is 0 Å². The van der Waals surface area contributed by atoms with Gasteiger partial charge in [0.1, 0.15) is 11.6 Å². The Labute approximate surface area is 148 Å². The molecule has 0 aliphatic carbocycles. The zero-order valence-electron chi connectivity index (χ0n) is 13.6. The lowest BCUT2D eigenvalue weighted by molar-refractivity contribution is -0.138. The molecule has 0 fully saturated rings. The Morgan fingerprint density at radius 3 is 2.68 bits per heavy atom. The first kappa shape index (κ1) is 21.4. The number of phosphoric acid groups is 1. The summed E-state index contributed by atoms with van der Waals surface area (Å²) >= 11 is 1.45. The smallest absolute Gasteiger partial charge is 0.469 e. The van der Waals surface area contributed by atoms with E-state index in [0.717, 1.165) is 0 Å². The van der Waals surface area contributed by atoms with E-state index in [1.54, 1.807) is 0 Å². The Morgan fingerprint density at radius 1 is 1.52 bits per heavy atom. The van der Waals surface area contributed by atoms with Gasteiger partial charge >= 0.3 is 13.8 Å². The fourth-order valence-electron chi connectivity index (χ4n) is 1.89. The molecule has 1 rings (SSSR count). The zero-order chi connectivity index (χ0) is 19.2. The number of carbonyl (C=O) groups is 1. The number of nitrogens with zero attached hydrogens (tertiary/aromatic N) is 2. The number of hydrogen-bond donors (Lipinski definition) is 5. The minimum Gasteiger partial charge on any atom is -0.505 e. The van der Waals surface area contributed by atoms with Crippen molar-refractivity contribution in [1.82, 2.24) is 4.98 Å². The molecule has 0 aliphatic rings. The minimum atomic E-state index is -4.75. The summed E-state index contributed by atoms with van der Waals surface area (Å²) in [6.07, 6.45) is 3.28. The highest BCUT2D eigenvalue weighted by molar-refractivity contribution is 7.98. The van der Waals surface area contributed by atoms with E-state index in [-0.39, 0.29) is 34.8 Å². The number of rotatable bonds is 9. The molecule has 6 N–H and O–H groups in total. The zero-order valence-corrected chi connectivity index (χ0v) is 15.3. The van der Waals surface area contributed by atoms with Crippen molar-refractivity contribution in [3.8, 4) is 5.75 Å². The molecule has 0 saturated heterocycles. The van der Waals surface area contributed by atoms with Crippen molar-refractivity contribution in [3.05, 3.63) is 23.0 Å². The third kappa shape index (κ3) is 6.63. The second-order valence-corrected chi connectivity index (χ2v) is 7.23. The number of nitrogens with two attached hydrogens (primary N) is 1. The van der Waals surface area contributed by atoms with Gasteiger partial charge in [-0.25, -0.2) is 9.36 Å². The molecule has 0 aliphatic heterocycles. The summed E-state index contributed by atoms with van der Waals surface area (Å²) in [6.45, 7) is 0.904. The number of aromatic hydroxyl groups is 1. The van der Waals surface area contributed by atoms with Crippen LogP contribution in [0.4, 0.5) is 0 Å². The summed E-state index contributed by atoms with van der Waals surface area (Å²) in [5.74, 6) is -1.26. The second kappa shape index (κ2) is 9.16. The van der Waals surface area contributed by atoms with Gasteiger partial charge in [0.05, 0.1) is 17.9 Å². The molecule has 1 atom stereocenters. The van der Waals surface area contributed by atoms with E-state index in [9.17, 15) is 19.6 Å². The van der Waals surface area contributed by atoms with Crippen LogP contribution in [0.15, 0.2) is 11.2 Å². The van der Waals surface area contributed by atoms with Crippen LogP contribution < -0.4 is 5.73 Å². The van der Waals surface area contributed by atoms with E-state index in [1.807, 2.05) is 6.26 Å². The normalized spacial score (nSPS) is 13.7. The van der Waals surface area contributed by atoms with Gasteiger partial charge in [0, 0.05) is 11.8 Å². The summed E-state index contributed by atoms with van der Waals surface area (Å²) in [5.41, 5.74) is 6.07. The minimum absolute atomic E-state index is 0.0589. The molecule has 1 heterocycles. The lowest BCUT2D eigenvalue weighted by Crippen LogP contribution is -2.25. The number of aryl methyl sites for hydroxylation is 1. The first-order chi connectivity index (χ1) is 11.6. The van der Waals surface area contributed by atoms with Gasteiger partial charge in [0.15, 0.2) is 6.04 Å². The number of aliphatic imine (C=N–C) groups is 1. The molecule has 12 heteroatoms. The summed E-state index contributed by atoms with van der Waals surface area (Å²) in [4.78, 5) is 36.7. The Kier molecular flexibility index (Phi) is 7.84. The molecular weight excluding hydrogens is 373 g/mol. The van der Waals surface area contributed by atoms with Gasteiger partial charge in [-0.3, -0.25) is 14.5 Å². The van der Waals surface area contributed by atoms with E-state index in [2.05, 4.69) is 14.5 Å². The molecule has 0 aromatic carbocycles. The van der Waals surface area contributed by atoms with E-state index < -0.39 is 26.4 Å². The van der Waals surface area contributed by atoms with Gasteiger partial charge in [-0.2, -0.15) is 11.8 Å². The van der Waals surface area contributed by atoms with Crippen LogP contribution in [0.25, 0.3) is 0 Å². The molecule has 0 amide bonds. The standard InChI is InChI=1S/C13H20N3O7PS/c1-7-11(17)10(8(5-15-7)6-23-24(20,21)22)12(14)16-9(13(18)19)3-4-25-2/h5,9,17H,3-4,6H2,1-2H3,(H2,14,16)(H,18,19)(H2,20,21,22). The maximum atomic E-state index is 11.3. The Bertz CT molecular complexity index is 707. The van der Waals surface area contributed by atoms with Crippen LogP contribution in [-0.4, -0.2) is 54.8 Å². The molecule has 1 unspecified atom stereocenters. The number of aliphatic carboxylic acids is 1. The van der Waals surface area contributed by atoms with Crippen LogP contribution in [0, 0.1) is 6.92 Å². The Balaban J connectivity index is 3.27. The fraction of sp³-hybridized carbons (Fsp3) is 0.462. The number of pyridine rings is 1. The molecule has 0 saturated carbocycles. The van der Waals surface area contributed by atoms with Gasteiger partial charge in [0.2, 0.25) is 0 Å². The maximum Gasteiger partial charge on any atom is 0.469 e. The number of aromatic nitrogens is 1. The number of hydrogen-bond acceptors (Lipinski definition) is 7. The summed E-state index contributed by atoms with van der Waals surface area (Å²) < 4.78 is 15.3. The van der Waals surface area contributed by atoms with Gasteiger partial charge in [-0.05, 0) is 25.4 Å². The third-order valence-electron chi connectivity index (χ3n) is 3.13. The van der Waals surface area contributed by atoms with Crippen LogP contribution in [0.5, 0.6) is 5.75 Å². The van der Waals surface area contributed by atoms with Crippen molar-refractivity contribution in [2.45, 2.75) is 26.0 Å². The van der Waals surface area contributed by atoms with Gasteiger partial charge in [-0.15, -0.1) is 0 Å². The Hall–Kier alpha value is -1.65. The summed E-state index contributed by atoms with van der Waals surface area (Å²) in [5, 5.41) is 19.4. The topological polar surface area (TPSA) is 176 Å². The molecule has 140 valence electrons. The van der Waals surface area contributed by atoms with E-state index in [4.69, 9.17) is 15.5 Å². The van der Waals surface area contributed by atoms with Crippen molar-refractivity contribution in [2.75, 3.05) is 12.0 Å². The number of carboxylic acids is 1. The molecule has 0 bridgehead atoms. The summed E-state index contributed by atoms with van der Waals surface area (Å²) in [6, 6.07) is -1.11. The predicted octanol–water partition coefficient (Wildman–Crippen LogP) is 0.617. The van der Waals surface area contributed by atoms with Gasteiger partial charge < -0.3 is 25.7 Å². The average molecular weight is 393 g/mol. The van der Waals surface area contributed by atoms with E-state index in [0.29, 0.717) is 5.75 Å². The van der Waals surface area contributed by atoms with Crippen molar-refractivity contribution >= 4 is 31.4 Å². The fourth-order valence-corrected chi connectivity index (χ4v) is 2.65. The second-order valence-electron chi connectivity index (χ2n) is 5.01. The first-order valence-corrected chi connectivity index (χ1v) is 9.92. The number of phosphoric ester groups is 1. The van der Waals surface area contributed by atoms with Crippen LogP contribution in [0.3, 0.4) is 0 Å². The van der Waals surface area contributed by atoms with Gasteiger partial charge in [-0.1, -0.05) is 0 Å². The van der Waals surface area contributed by atoms with E-state index in [1.165, 1.54) is 24.9 Å². The lowest BCUT2D eigenvalue weighted by Gasteiger charge is -2.15. The predicted molar refractivity (Wildman–Crippen MR) is 92.6 cm³/mol. The quantitative estimate of drug-likeness (QED) is 0.227. The molecule has 1 aromatic rings. The molecular formula is C13H20N3O7PS. The maximum absolute atomic E-state index is 11.3. The molecule has 10 nitrogen and oxygen atoms in total. The van der Waals surface area contributed by atoms with Crippen LogP contribution in [-0.2, 0) is 20.5 Å². The highest BCUT2D eigenvalue weighted by Gasteiger charge is 2.22. The van der Waals surface area contributed by atoms with Crippen molar-refractivity contribution in [3.63, 3.8) is 0 Å². The average Bonchev–Trinajstić information content (AvgIpc) is 2.51.